The fraction of sp³-hybridized carbons (Fsp3) is 0.250. The first-order valence-electron chi connectivity index (χ1n) is 4.93. The molecule has 0 saturated carbocycles. The van der Waals surface area contributed by atoms with Gasteiger partial charge in [0.25, 0.3) is 0 Å². The molecule has 0 aliphatic heterocycles. The molecule has 2 nitrogen and oxygen atoms in total. The zero-order chi connectivity index (χ0) is 11.0. The fourth-order valence-electron chi connectivity index (χ4n) is 1.55. The lowest BCUT2D eigenvalue weighted by Crippen LogP contribution is -1.92. The van der Waals surface area contributed by atoms with Crippen molar-refractivity contribution in [2.75, 3.05) is 5.73 Å². The first kappa shape index (κ1) is 10.2. The van der Waals surface area contributed by atoms with Crippen molar-refractivity contribution in [2.45, 2.75) is 19.8 Å². The van der Waals surface area contributed by atoms with Gasteiger partial charge in [0.15, 0.2) is 5.15 Å². The molecule has 0 amide bonds. The van der Waals surface area contributed by atoms with Gasteiger partial charge in [0.05, 0.1) is 11.2 Å². The second-order valence-corrected chi connectivity index (χ2v) is 4.33. The number of halogens is 1. The van der Waals surface area contributed by atoms with Crippen LogP contribution in [0.3, 0.4) is 0 Å². The van der Waals surface area contributed by atoms with Crippen LogP contribution in [-0.2, 0) is 0 Å². The van der Waals surface area contributed by atoms with Gasteiger partial charge in [0.1, 0.15) is 0 Å². The molecule has 1 heterocycles. The van der Waals surface area contributed by atoms with E-state index >= 15 is 0 Å². The van der Waals surface area contributed by atoms with Gasteiger partial charge in [-0.15, -0.1) is 0 Å². The number of rotatable bonds is 1. The molecule has 0 aliphatic carbocycles. The van der Waals surface area contributed by atoms with Gasteiger partial charge in [0.2, 0.25) is 0 Å². The minimum absolute atomic E-state index is 0.375. The van der Waals surface area contributed by atoms with E-state index in [-0.39, 0.29) is 0 Å². The summed E-state index contributed by atoms with van der Waals surface area (Å²) in [7, 11) is 0. The van der Waals surface area contributed by atoms with E-state index in [0.29, 0.717) is 16.8 Å². The van der Waals surface area contributed by atoms with Gasteiger partial charge in [-0.1, -0.05) is 31.5 Å². The molecule has 0 saturated heterocycles. The quantitative estimate of drug-likeness (QED) is 0.746. The lowest BCUT2D eigenvalue weighted by Gasteiger charge is -2.07. The molecule has 0 aliphatic rings. The molecule has 0 bridgehead atoms. The van der Waals surface area contributed by atoms with Crippen LogP contribution in [0, 0.1) is 0 Å². The summed E-state index contributed by atoms with van der Waals surface area (Å²) in [5.74, 6) is 0.506. The average molecular weight is 221 g/mol. The zero-order valence-electron chi connectivity index (χ0n) is 8.79. The largest absolute Gasteiger partial charge is 0.396 e. The van der Waals surface area contributed by atoms with Gasteiger partial charge in [-0.3, -0.25) is 0 Å². The van der Waals surface area contributed by atoms with Crippen LogP contribution in [0.1, 0.15) is 25.3 Å². The second-order valence-electron chi connectivity index (χ2n) is 3.98. The molecule has 1 aromatic heterocycles. The normalized spacial score (nSPS) is 11.2. The summed E-state index contributed by atoms with van der Waals surface area (Å²) in [6, 6.07) is 8.04. The number of anilines is 1. The third kappa shape index (κ3) is 1.90. The summed E-state index contributed by atoms with van der Waals surface area (Å²) in [5.41, 5.74) is 8.42. The first-order valence-corrected chi connectivity index (χ1v) is 5.31. The van der Waals surface area contributed by atoms with Gasteiger partial charge in [-0.25, -0.2) is 4.98 Å². The highest BCUT2D eigenvalue weighted by molar-refractivity contribution is 6.32. The maximum Gasteiger partial charge on any atom is 0.152 e. The number of hydrogen-bond acceptors (Lipinski definition) is 2. The van der Waals surface area contributed by atoms with E-state index in [0.717, 1.165) is 10.9 Å². The molecule has 0 spiro atoms. The smallest absolute Gasteiger partial charge is 0.152 e. The van der Waals surface area contributed by atoms with Gasteiger partial charge in [0, 0.05) is 5.39 Å². The Morgan fingerprint density at radius 2 is 2.00 bits per heavy atom. The third-order valence-corrected chi connectivity index (χ3v) is 2.79. The Morgan fingerprint density at radius 3 is 2.67 bits per heavy atom. The van der Waals surface area contributed by atoms with Crippen molar-refractivity contribution in [3.63, 3.8) is 0 Å². The second kappa shape index (κ2) is 3.70. The Labute approximate surface area is 94.1 Å². The maximum absolute atomic E-state index is 5.85. The van der Waals surface area contributed by atoms with Crippen molar-refractivity contribution in [2.24, 2.45) is 0 Å². The Kier molecular flexibility index (Phi) is 2.53. The molecule has 2 rings (SSSR count). The number of nitrogens with two attached hydrogens (primary N) is 1. The van der Waals surface area contributed by atoms with Crippen LogP contribution < -0.4 is 5.73 Å². The van der Waals surface area contributed by atoms with E-state index in [2.05, 4.69) is 31.0 Å². The van der Waals surface area contributed by atoms with Crippen molar-refractivity contribution >= 4 is 28.2 Å². The van der Waals surface area contributed by atoms with Crippen LogP contribution in [0.25, 0.3) is 10.9 Å². The number of fused-ring (bicyclic) bond motifs is 1. The van der Waals surface area contributed by atoms with Gasteiger partial charge in [-0.05, 0) is 29.7 Å². The van der Waals surface area contributed by atoms with Crippen LogP contribution in [0.2, 0.25) is 5.15 Å². The molecule has 2 aromatic rings. The minimum Gasteiger partial charge on any atom is -0.396 e. The van der Waals surface area contributed by atoms with Gasteiger partial charge >= 0.3 is 0 Å². The number of hydrogen-bond donors (Lipinski definition) is 1. The summed E-state index contributed by atoms with van der Waals surface area (Å²) in [6.45, 7) is 4.32. The maximum atomic E-state index is 5.85. The van der Waals surface area contributed by atoms with Crippen LogP contribution in [0.4, 0.5) is 5.69 Å². The van der Waals surface area contributed by atoms with Crippen LogP contribution in [0.15, 0.2) is 24.3 Å². The summed E-state index contributed by atoms with van der Waals surface area (Å²) >= 11 is 5.85. The lowest BCUT2D eigenvalue weighted by molar-refractivity contribution is 0.868. The van der Waals surface area contributed by atoms with Crippen LogP contribution >= 0.6 is 11.6 Å². The minimum atomic E-state index is 0.375. The van der Waals surface area contributed by atoms with Crippen molar-refractivity contribution < 1.29 is 0 Å². The predicted molar refractivity (Wildman–Crippen MR) is 65.3 cm³/mol. The topological polar surface area (TPSA) is 38.9 Å². The first-order chi connectivity index (χ1) is 7.08. The highest BCUT2D eigenvalue weighted by atomic mass is 35.5. The monoisotopic (exact) mass is 220 g/mol. The van der Waals surface area contributed by atoms with E-state index < -0.39 is 0 Å². The van der Waals surface area contributed by atoms with Crippen molar-refractivity contribution in [1.29, 1.82) is 0 Å². The molecule has 2 N–H and O–H groups in total. The predicted octanol–water partition coefficient (Wildman–Crippen LogP) is 3.59. The molecular formula is C12H13ClN2. The summed E-state index contributed by atoms with van der Waals surface area (Å²) in [4.78, 5) is 4.22. The molecule has 78 valence electrons. The Morgan fingerprint density at radius 1 is 1.27 bits per heavy atom. The molecule has 0 unspecified atom stereocenters. The molecule has 0 atom stereocenters. The molecule has 0 fully saturated rings. The third-order valence-electron chi connectivity index (χ3n) is 2.49. The Bertz CT molecular complexity index is 506. The summed E-state index contributed by atoms with van der Waals surface area (Å²) < 4.78 is 0. The Balaban J connectivity index is 2.66. The molecule has 15 heavy (non-hydrogen) atoms. The standard InChI is InChI=1S/C12H13ClN2/c1-7(2)8-3-4-11-9(5-8)6-10(14)12(13)15-11/h3-7H,14H2,1-2H3. The van der Waals surface area contributed by atoms with Crippen molar-refractivity contribution in [3.05, 3.63) is 35.0 Å². The Hall–Kier alpha value is -1.28. The van der Waals surface area contributed by atoms with E-state index in [1.54, 1.807) is 0 Å². The van der Waals surface area contributed by atoms with Crippen molar-refractivity contribution in [3.8, 4) is 0 Å². The molecule has 1 aromatic carbocycles. The van der Waals surface area contributed by atoms with Gasteiger partial charge < -0.3 is 5.73 Å². The SMILES string of the molecule is CC(C)c1ccc2nc(Cl)c(N)cc2c1. The highest BCUT2D eigenvalue weighted by Crippen LogP contribution is 2.25. The van der Waals surface area contributed by atoms with E-state index in [1.807, 2.05) is 12.1 Å². The fourth-order valence-corrected chi connectivity index (χ4v) is 1.69. The van der Waals surface area contributed by atoms with E-state index in [1.165, 1.54) is 5.56 Å². The molecule has 0 radical (unpaired) electrons. The number of aromatic nitrogens is 1. The number of pyridine rings is 1. The summed E-state index contributed by atoms with van der Waals surface area (Å²) in [6.07, 6.45) is 0. The zero-order valence-corrected chi connectivity index (χ0v) is 9.55. The molecular weight excluding hydrogens is 208 g/mol. The van der Waals surface area contributed by atoms with Crippen molar-refractivity contribution in [1.82, 2.24) is 4.98 Å². The van der Waals surface area contributed by atoms with E-state index in [4.69, 9.17) is 17.3 Å². The van der Waals surface area contributed by atoms with Crippen LogP contribution in [-0.4, -0.2) is 4.98 Å². The van der Waals surface area contributed by atoms with Gasteiger partial charge in [-0.2, -0.15) is 0 Å². The lowest BCUT2D eigenvalue weighted by atomic mass is 10.0. The average Bonchev–Trinajstić information content (AvgIpc) is 2.19. The summed E-state index contributed by atoms with van der Waals surface area (Å²) in [5, 5.41) is 1.42. The number of benzene rings is 1. The molecule has 3 heteroatoms. The van der Waals surface area contributed by atoms with Crippen LogP contribution in [0.5, 0.6) is 0 Å². The number of nitrogens with zero attached hydrogens (tertiary/aromatic N) is 1. The van der Waals surface area contributed by atoms with E-state index in [9.17, 15) is 0 Å². The number of nitrogen functional groups attached to an aromatic ring is 1. The highest BCUT2D eigenvalue weighted by Gasteiger charge is 2.04.